The van der Waals surface area contributed by atoms with Crippen LogP contribution in [0.3, 0.4) is 0 Å². The van der Waals surface area contributed by atoms with Crippen LogP contribution in [0.5, 0.6) is 0 Å². The van der Waals surface area contributed by atoms with Crippen molar-refractivity contribution in [2.24, 2.45) is 11.8 Å². The number of hydrogen-bond acceptors (Lipinski definition) is 6. The number of aromatic nitrogens is 4. The predicted molar refractivity (Wildman–Crippen MR) is 155 cm³/mol. The van der Waals surface area contributed by atoms with Gasteiger partial charge in [0.1, 0.15) is 9.66 Å². The zero-order valence-corrected chi connectivity index (χ0v) is 23.3. The van der Waals surface area contributed by atoms with Gasteiger partial charge >= 0.3 is 0 Å². The van der Waals surface area contributed by atoms with Crippen molar-refractivity contribution in [3.8, 4) is 0 Å². The normalized spacial score (nSPS) is 19.1. The van der Waals surface area contributed by atoms with E-state index in [2.05, 4.69) is 23.8 Å². The first-order valence-electron chi connectivity index (χ1n) is 13.5. The molecule has 5 aromatic rings. The molecule has 194 valence electrons. The summed E-state index contributed by atoms with van der Waals surface area (Å²) in [5.41, 5.74) is 4.53. The van der Waals surface area contributed by atoms with E-state index < -0.39 is 0 Å². The van der Waals surface area contributed by atoms with Gasteiger partial charge in [-0.05, 0) is 72.6 Å². The maximum atomic E-state index is 13.6. The Bertz CT molecular complexity index is 1690. The van der Waals surface area contributed by atoms with Crippen LogP contribution in [0.25, 0.3) is 20.4 Å². The largest absolute Gasteiger partial charge is 0.294 e. The number of benzene rings is 1. The molecule has 0 spiro atoms. The third-order valence-corrected chi connectivity index (χ3v) is 10.7. The fourth-order valence-corrected chi connectivity index (χ4v) is 8.87. The second-order valence-corrected chi connectivity index (χ2v) is 13.4. The van der Waals surface area contributed by atoms with E-state index in [1.807, 2.05) is 24.3 Å². The molecule has 6 nitrogen and oxygen atoms in total. The molecular weight excluding hydrogens is 512 g/mol. The summed E-state index contributed by atoms with van der Waals surface area (Å²) in [6.07, 6.45) is 9.60. The van der Waals surface area contributed by atoms with Crippen LogP contribution in [-0.4, -0.2) is 19.1 Å². The van der Waals surface area contributed by atoms with Crippen molar-refractivity contribution in [2.75, 3.05) is 0 Å². The van der Waals surface area contributed by atoms with Gasteiger partial charge in [0.05, 0.1) is 36.5 Å². The van der Waals surface area contributed by atoms with E-state index in [9.17, 15) is 9.59 Å². The van der Waals surface area contributed by atoms with Crippen LogP contribution < -0.4 is 11.1 Å². The molecule has 2 atom stereocenters. The number of nitrogens with zero attached hydrogens (tertiary/aromatic N) is 4. The Hall–Kier alpha value is -3.10. The third-order valence-electron chi connectivity index (χ3n) is 8.36. The summed E-state index contributed by atoms with van der Waals surface area (Å²) in [7, 11) is 0. The molecule has 4 aromatic heterocycles. The quantitative estimate of drug-likeness (QED) is 0.298. The SMILES string of the molecule is C[C@H]1CCc2c(sc3ncn(Cc4ccccc4Cn4cnc5sc6c(c5c4=O)CC[C@H](C)C6)c(=O)c23)C1. The Labute approximate surface area is 228 Å². The van der Waals surface area contributed by atoms with Gasteiger partial charge in [-0.25, -0.2) is 9.97 Å². The van der Waals surface area contributed by atoms with Gasteiger partial charge in [-0.2, -0.15) is 0 Å². The zero-order chi connectivity index (χ0) is 26.0. The van der Waals surface area contributed by atoms with Crippen LogP contribution in [0, 0.1) is 11.8 Å². The Morgan fingerprint density at radius 2 is 1.21 bits per heavy atom. The lowest BCUT2D eigenvalue weighted by atomic mass is 9.89. The summed E-state index contributed by atoms with van der Waals surface area (Å²) in [5, 5.41) is 1.61. The van der Waals surface area contributed by atoms with Gasteiger partial charge in [0.15, 0.2) is 0 Å². The number of hydrogen-bond donors (Lipinski definition) is 0. The predicted octanol–water partition coefficient (Wildman–Crippen LogP) is 5.58. The molecule has 2 aliphatic carbocycles. The first-order valence-corrected chi connectivity index (χ1v) is 15.2. The molecule has 0 bridgehead atoms. The number of fused-ring (bicyclic) bond motifs is 6. The highest BCUT2D eigenvalue weighted by atomic mass is 32.1. The zero-order valence-electron chi connectivity index (χ0n) is 21.7. The van der Waals surface area contributed by atoms with Gasteiger partial charge in [-0.1, -0.05) is 38.1 Å². The molecule has 0 amide bonds. The van der Waals surface area contributed by atoms with E-state index in [-0.39, 0.29) is 11.1 Å². The average Bonchev–Trinajstić information content (AvgIpc) is 3.46. The average molecular weight is 543 g/mol. The monoisotopic (exact) mass is 542 g/mol. The maximum Gasteiger partial charge on any atom is 0.262 e. The van der Waals surface area contributed by atoms with Gasteiger partial charge in [0.2, 0.25) is 0 Å². The van der Waals surface area contributed by atoms with Crippen LogP contribution in [0.2, 0.25) is 0 Å². The van der Waals surface area contributed by atoms with E-state index in [0.717, 1.165) is 70.1 Å². The smallest absolute Gasteiger partial charge is 0.262 e. The second-order valence-electron chi connectivity index (χ2n) is 11.2. The molecule has 0 aliphatic heterocycles. The minimum atomic E-state index is 0.0382. The topological polar surface area (TPSA) is 69.8 Å². The van der Waals surface area contributed by atoms with Gasteiger partial charge in [-0.3, -0.25) is 18.7 Å². The van der Waals surface area contributed by atoms with Gasteiger partial charge in [0, 0.05) is 9.75 Å². The lowest BCUT2D eigenvalue weighted by Gasteiger charge is -2.18. The van der Waals surface area contributed by atoms with Crippen molar-refractivity contribution in [1.82, 2.24) is 19.1 Å². The summed E-state index contributed by atoms with van der Waals surface area (Å²) in [4.78, 5) is 41.0. The highest BCUT2D eigenvalue weighted by Gasteiger charge is 2.25. The van der Waals surface area contributed by atoms with E-state index in [4.69, 9.17) is 0 Å². The molecule has 38 heavy (non-hydrogen) atoms. The summed E-state index contributed by atoms with van der Waals surface area (Å²) < 4.78 is 3.46. The first kappa shape index (κ1) is 24.0. The molecule has 0 unspecified atom stereocenters. The molecule has 0 saturated heterocycles. The van der Waals surface area contributed by atoms with Crippen LogP contribution in [0.4, 0.5) is 0 Å². The summed E-state index contributed by atoms with van der Waals surface area (Å²) >= 11 is 3.36. The molecule has 1 aromatic carbocycles. The molecule has 0 saturated carbocycles. The number of rotatable bonds is 4. The van der Waals surface area contributed by atoms with Crippen molar-refractivity contribution in [3.63, 3.8) is 0 Å². The Balaban J connectivity index is 1.24. The highest BCUT2D eigenvalue weighted by Crippen LogP contribution is 2.36. The maximum absolute atomic E-state index is 13.6. The lowest BCUT2D eigenvalue weighted by molar-refractivity contribution is 0.509. The fraction of sp³-hybridized carbons (Fsp3) is 0.400. The van der Waals surface area contributed by atoms with Crippen molar-refractivity contribution in [1.29, 1.82) is 0 Å². The molecule has 8 heteroatoms. The summed E-state index contributed by atoms with van der Waals surface area (Å²) in [5.74, 6) is 1.31. The molecule has 7 rings (SSSR count). The van der Waals surface area contributed by atoms with Gasteiger partial charge < -0.3 is 0 Å². The van der Waals surface area contributed by atoms with Crippen LogP contribution in [0.15, 0.2) is 46.5 Å². The second kappa shape index (κ2) is 9.27. The first-order chi connectivity index (χ1) is 18.5. The highest BCUT2D eigenvalue weighted by molar-refractivity contribution is 7.19. The van der Waals surface area contributed by atoms with Crippen molar-refractivity contribution in [2.45, 2.75) is 65.5 Å². The lowest BCUT2D eigenvalue weighted by Crippen LogP contribution is -2.24. The molecule has 2 aliphatic rings. The minimum absolute atomic E-state index is 0.0382. The van der Waals surface area contributed by atoms with E-state index in [1.165, 1.54) is 20.9 Å². The van der Waals surface area contributed by atoms with Gasteiger partial charge in [0.25, 0.3) is 11.1 Å². The van der Waals surface area contributed by atoms with Crippen molar-refractivity contribution < 1.29 is 0 Å². The number of thiophene rings is 2. The van der Waals surface area contributed by atoms with Crippen molar-refractivity contribution in [3.05, 3.63) is 89.6 Å². The van der Waals surface area contributed by atoms with Crippen LogP contribution >= 0.6 is 22.7 Å². The van der Waals surface area contributed by atoms with E-state index in [1.54, 1.807) is 44.5 Å². The van der Waals surface area contributed by atoms with E-state index >= 15 is 0 Å². The Kier molecular flexibility index (Phi) is 5.85. The molecule has 0 radical (unpaired) electrons. The van der Waals surface area contributed by atoms with Gasteiger partial charge in [-0.15, -0.1) is 22.7 Å². The third kappa shape index (κ3) is 3.96. The van der Waals surface area contributed by atoms with E-state index in [0.29, 0.717) is 24.9 Å². The summed E-state index contributed by atoms with van der Waals surface area (Å²) in [6, 6.07) is 8.07. The summed E-state index contributed by atoms with van der Waals surface area (Å²) in [6.45, 7) is 5.41. The standard InChI is InChI=1S/C30H30N4O2S2/c1-17-7-9-21-23(11-17)37-27-25(21)29(35)33(15-31-27)13-19-5-3-4-6-20(19)14-34-16-32-28-26(30(34)36)22-10-8-18(2)12-24(22)38-28/h3-6,15-18H,7-14H2,1-2H3/t17-,18-/m0/s1. The van der Waals surface area contributed by atoms with Crippen molar-refractivity contribution >= 4 is 43.1 Å². The molecular formula is C30H30N4O2S2. The minimum Gasteiger partial charge on any atom is -0.294 e. The molecule has 0 N–H and O–H groups in total. The fourth-order valence-electron chi connectivity index (χ4n) is 6.19. The Morgan fingerprint density at radius 1 is 0.763 bits per heavy atom. The molecule has 0 fully saturated rings. The van der Waals surface area contributed by atoms with Crippen LogP contribution in [0.1, 0.15) is 58.7 Å². The molecule has 4 heterocycles. The Morgan fingerprint density at radius 3 is 1.66 bits per heavy atom. The van der Waals surface area contributed by atoms with Crippen LogP contribution in [-0.2, 0) is 38.8 Å². The number of aryl methyl sites for hydroxylation is 2.